The number of ether oxygens (including phenoxy) is 3. The summed E-state index contributed by atoms with van der Waals surface area (Å²) in [5, 5.41) is 34.3. The maximum absolute atomic E-state index is 11.0. The number of nitriles is 2. The highest BCUT2D eigenvalue weighted by Crippen LogP contribution is 2.37. The molecule has 0 fully saturated rings. The van der Waals surface area contributed by atoms with Gasteiger partial charge in [0.25, 0.3) is 0 Å². The van der Waals surface area contributed by atoms with Crippen LogP contribution in [0.1, 0.15) is 64.6 Å². The number of aliphatic imine (C=N–C) groups is 1. The fourth-order valence-electron chi connectivity index (χ4n) is 6.61. The van der Waals surface area contributed by atoms with Crippen LogP contribution in [0.2, 0.25) is 5.02 Å². The monoisotopic (exact) mass is 797 g/mol. The second kappa shape index (κ2) is 20.1. The lowest BCUT2D eigenvalue weighted by molar-refractivity contribution is -0.137. The summed E-state index contributed by atoms with van der Waals surface area (Å²) < 4.78 is 18.7. The van der Waals surface area contributed by atoms with Gasteiger partial charge in [-0.05, 0) is 85.3 Å². The van der Waals surface area contributed by atoms with Crippen LogP contribution in [0.5, 0.6) is 17.4 Å². The average molecular weight is 798 g/mol. The van der Waals surface area contributed by atoms with Crippen LogP contribution in [0.15, 0.2) is 84.1 Å². The second-order valence-electron chi connectivity index (χ2n) is 13.7. The van der Waals surface area contributed by atoms with E-state index in [1.807, 2.05) is 30.3 Å². The van der Waals surface area contributed by atoms with Crippen molar-refractivity contribution in [1.29, 1.82) is 10.5 Å². The Hall–Kier alpha value is -6.47. The van der Waals surface area contributed by atoms with Gasteiger partial charge in [0.2, 0.25) is 5.88 Å². The SMILES string of the molecule is Cc1c(COc2cc(OCc3cncc(C#N)c3)c(CNCCCC(=O)O)cc2Cl)cccc1-c1cccc(-c2ccc(C3=NCCN3)c(OCCCC#N)n2)c1C. The first-order valence-corrected chi connectivity index (χ1v) is 19.5. The van der Waals surface area contributed by atoms with Gasteiger partial charge in [-0.3, -0.25) is 14.8 Å². The summed E-state index contributed by atoms with van der Waals surface area (Å²) in [7, 11) is 0. The summed E-state index contributed by atoms with van der Waals surface area (Å²) in [6.07, 6.45) is 4.70. The molecule has 0 saturated carbocycles. The van der Waals surface area contributed by atoms with Gasteiger partial charge in [0.15, 0.2) is 0 Å². The number of aromatic nitrogens is 2. The van der Waals surface area contributed by atoms with Crippen molar-refractivity contribution in [3.8, 4) is 51.9 Å². The summed E-state index contributed by atoms with van der Waals surface area (Å²) >= 11 is 6.80. The number of nitrogens with zero attached hydrogens (tertiary/aromatic N) is 5. The molecule has 1 aliphatic heterocycles. The molecule has 0 spiro atoms. The van der Waals surface area contributed by atoms with Crippen molar-refractivity contribution in [3.05, 3.63) is 123 Å². The Morgan fingerprint density at radius 2 is 1.69 bits per heavy atom. The Morgan fingerprint density at radius 1 is 0.897 bits per heavy atom. The molecule has 5 aromatic rings. The van der Waals surface area contributed by atoms with Gasteiger partial charge in [0.05, 0.1) is 41.1 Å². The fourth-order valence-corrected chi connectivity index (χ4v) is 6.85. The molecular formula is C45H44ClN7O5. The van der Waals surface area contributed by atoms with Gasteiger partial charge in [0, 0.05) is 61.1 Å². The van der Waals surface area contributed by atoms with E-state index in [1.54, 1.807) is 24.4 Å². The van der Waals surface area contributed by atoms with Crippen molar-refractivity contribution < 1.29 is 24.1 Å². The predicted molar refractivity (Wildman–Crippen MR) is 222 cm³/mol. The minimum absolute atomic E-state index is 0.0690. The van der Waals surface area contributed by atoms with Crippen molar-refractivity contribution in [2.75, 3.05) is 26.2 Å². The third kappa shape index (κ3) is 10.5. The number of halogens is 1. The van der Waals surface area contributed by atoms with Crippen LogP contribution in [0, 0.1) is 36.5 Å². The number of pyridine rings is 2. The number of carboxylic acid groups (broad SMARTS) is 1. The van der Waals surface area contributed by atoms with Crippen molar-refractivity contribution in [1.82, 2.24) is 20.6 Å². The number of unbranched alkanes of at least 4 members (excludes halogenated alkanes) is 1. The van der Waals surface area contributed by atoms with Gasteiger partial charge in [-0.25, -0.2) is 4.98 Å². The van der Waals surface area contributed by atoms with E-state index in [-0.39, 0.29) is 19.6 Å². The predicted octanol–water partition coefficient (Wildman–Crippen LogP) is 8.10. The van der Waals surface area contributed by atoms with E-state index in [0.717, 1.165) is 68.1 Å². The van der Waals surface area contributed by atoms with Crippen molar-refractivity contribution in [3.63, 3.8) is 0 Å². The molecular weight excluding hydrogens is 754 g/mol. The summed E-state index contributed by atoms with van der Waals surface area (Å²) in [5.74, 6) is 1.38. The molecule has 0 aliphatic carbocycles. The summed E-state index contributed by atoms with van der Waals surface area (Å²) in [4.78, 5) is 24.6. The zero-order chi connectivity index (χ0) is 40.9. The molecule has 3 N–H and O–H groups in total. The third-order valence-corrected chi connectivity index (χ3v) is 9.98. The highest BCUT2D eigenvalue weighted by Gasteiger charge is 2.19. The van der Waals surface area contributed by atoms with Gasteiger partial charge in [-0.15, -0.1) is 0 Å². The van der Waals surface area contributed by atoms with E-state index in [9.17, 15) is 10.1 Å². The van der Waals surface area contributed by atoms with Crippen LogP contribution in [-0.2, 0) is 24.6 Å². The molecule has 3 aromatic carbocycles. The standard InChI is InChI=1S/C45H44ClN7O5/c1-29-33(28-58-42-22-41(57-27-32-20-31(23-48)24-50-25-32)34(21-39(42)46)26-49-16-7-12-43(54)55)8-5-9-35(29)36-10-6-11-37(30(36)2)40-14-13-38(44-51-17-18-52-44)45(53-40)56-19-4-3-15-47/h5-6,8-11,13-14,20-22,24-25,49H,3-4,7,12,16-19,26-28H2,1-2H3,(H,51,52)(H,54,55). The Morgan fingerprint density at radius 3 is 2.47 bits per heavy atom. The van der Waals surface area contributed by atoms with Crippen LogP contribution in [0.25, 0.3) is 22.4 Å². The lowest BCUT2D eigenvalue weighted by Crippen LogP contribution is -2.21. The first-order chi connectivity index (χ1) is 28.2. The van der Waals surface area contributed by atoms with E-state index in [0.29, 0.717) is 73.5 Å². The number of hydrogen-bond donors (Lipinski definition) is 3. The van der Waals surface area contributed by atoms with Gasteiger partial charge in [0.1, 0.15) is 36.6 Å². The number of carbonyl (C=O) groups is 1. The molecule has 0 radical (unpaired) electrons. The lowest BCUT2D eigenvalue weighted by atomic mass is 9.90. The molecule has 58 heavy (non-hydrogen) atoms. The first-order valence-electron chi connectivity index (χ1n) is 19.1. The van der Waals surface area contributed by atoms with E-state index in [2.05, 4.69) is 64.8 Å². The van der Waals surface area contributed by atoms with Crippen LogP contribution in [0.3, 0.4) is 0 Å². The van der Waals surface area contributed by atoms with Crippen LogP contribution < -0.4 is 24.8 Å². The smallest absolute Gasteiger partial charge is 0.303 e. The topological polar surface area (TPSA) is 175 Å². The minimum atomic E-state index is -0.843. The van der Waals surface area contributed by atoms with Crippen LogP contribution in [0.4, 0.5) is 0 Å². The zero-order valence-corrected chi connectivity index (χ0v) is 33.2. The Balaban J connectivity index is 1.23. The number of carboxylic acids is 1. The Bertz CT molecular complexity index is 2390. The Labute approximate surface area is 343 Å². The van der Waals surface area contributed by atoms with Crippen LogP contribution >= 0.6 is 11.6 Å². The number of nitrogens with one attached hydrogen (secondary N) is 2. The molecule has 6 rings (SSSR count). The van der Waals surface area contributed by atoms with Crippen molar-refractivity contribution in [2.24, 2.45) is 4.99 Å². The van der Waals surface area contributed by atoms with E-state index < -0.39 is 5.97 Å². The van der Waals surface area contributed by atoms with E-state index in [1.165, 1.54) is 6.20 Å². The molecule has 13 heteroatoms. The lowest BCUT2D eigenvalue weighted by Gasteiger charge is -2.18. The molecule has 3 heterocycles. The number of rotatable bonds is 19. The highest BCUT2D eigenvalue weighted by atomic mass is 35.5. The number of amidine groups is 1. The second-order valence-corrected chi connectivity index (χ2v) is 14.1. The maximum Gasteiger partial charge on any atom is 0.303 e. The Kier molecular flexibility index (Phi) is 14.3. The summed E-state index contributed by atoms with van der Waals surface area (Å²) in [6, 6.07) is 25.9. The summed E-state index contributed by atoms with van der Waals surface area (Å²) in [6.45, 7) is 7.31. The van der Waals surface area contributed by atoms with Gasteiger partial charge in [-0.1, -0.05) is 48.0 Å². The molecule has 12 nitrogen and oxygen atoms in total. The first kappa shape index (κ1) is 41.2. The van der Waals surface area contributed by atoms with Crippen LogP contribution in [-0.4, -0.2) is 53.1 Å². The molecule has 0 saturated heterocycles. The largest absolute Gasteiger partial charge is 0.488 e. The molecule has 2 aromatic heterocycles. The van der Waals surface area contributed by atoms with E-state index in [4.69, 9.17) is 41.2 Å². The maximum atomic E-state index is 11.0. The average Bonchev–Trinajstić information content (AvgIpc) is 3.77. The molecule has 0 atom stereocenters. The molecule has 1 aliphatic rings. The van der Waals surface area contributed by atoms with Crippen molar-refractivity contribution >= 4 is 23.4 Å². The highest BCUT2D eigenvalue weighted by molar-refractivity contribution is 6.32. The van der Waals surface area contributed by atoms with Gasteiger partial charge in [-0.2, -0.15) is 10.5 Å². The fraction of sp³-hybridized carbons (Fsp3) is 0.289. The zero-order valence-electron chi connectivity index (χ0n) is 32.5. The molecule has 0 bridgehead atoms. The molecule has 0 amide bonds. The number of benzene rings is 3. The van der Waals surface area contributed by atoms with Gasteiger partial charge >= 0.3 is 5.97 Å². The molecule has 296 valence electrons. The van der Waals surface area contributed by atoms with Crippen molar-refractivity contribution in [2.45, 2.75) is 59.3 Å². The minimum Gasteiger partial charge on any atom is -0.488 e. The number of hydrogen-bond acceptors (Lipinski definition) is 11. The van der Waals surface area contributed by atoms with E-state index >= 15 is 0 Å². The number of aliphatic carboxylic acids is 1. The van der Waals surface area contributed by atoms with Gasteiger partial charge < -0.3 is 30.0 Å². The molecule has 0 unspecified atom stereocenters. The normalized spacial score (nSPS) is 11.9. The summed E-state index contributed by atoms with van der Waals surface area (Å²) in [5.41, 5.74) is 9.69. The third-order valence-electron chi connectivity index (χ3n) is 9.68. The quantitative estimate of drug-likeness (QED) is 0.0689.